The van der Waals surface area contributed by atoms with Crippen molar-refractivity contribution >= 4 is 17.6 Å². The van der Waals surface area contributed by atoms with Crippen LogP contribution < -0.4 is 21.1 Å². The van der Waals surface area contributed by atoms with Gasteiger partial charge < -0.3 is 20.7 Å². The third-order valence-electron chi connectivity index (χ3n) is 5.48. The Balaban J connectivity index is 1.38. The lowest BCUT2D eigenvalue weighted by Gasteiger charge is -2.32. The number of nitrogens with zero attached hydrogens (tertiary/aromatic N) is 3. The lowest BCUT2D eigenvalue weighted by atomic mass is 10.0. The molecule has 0 aliphatic carbocycles. The Morgan fingerprint density at radius 2 is 1.83 bits per heavy atom. The summed E-state index contributed by atoms with van der Waals surface area (Å²) in [5.41, 5.74) is 9.76. The summed E-state index contributed by atoms with van der Waals surface area (Å²) in [6, 6.07) is 20.3. The van der Waals surface area contributed by atoms with Gasteiger partial charge in [-0.05, 0) is 17.5 Å². The van der Waals surface area contributed by atoms with Gasteiger partial charge in [0.15, 0.2) is 5.82 Å². The first-order valence-corrected chi connectivity index (χ1v) is 9.97. The second-order valence-electron chi connectivity index (χ2n) is 7.46. The van der Waals surface area contributed by atoms with Gasteiger partial charge in [-0.15, -0.1) is 0 Å². The molecule has 29 heavy (non-hydrogen) atoms. The Labute approximate surface area is 169 Å². The van der Waals surface area contributed by atoms with E-state index in [2.05, 4.69) is 50.3 Å². The maximum Gasteiger partial charge on any atom is 0.226 e. The lowest BCUT2D eigenvalue weighted by Crippen LogP contribution is -2.34. The Bertz CT molecular complexity index is 981. The van der Waals surface area contributed by atoms with Crippen molar-refractivity contribution in [3.8, 4) is 0 Å². The molecule has 148 valence electrons. The normalized spacial score (nSPS) is 18.1. The van der Waals surface area contributed by atoms with E-state index in [1.54, 1.807) is 0 Å². The summed E-state index contributed by atoms with van der Waals surface area (Å²) in [6.07, 6.45) is 0.381. The predicted molar refractivity (Wildman–Crippen MR) is 114 cm³/mol. The molecule has 0 spiro atoms. The number of aliphatic hydroxyl groups is 1. The molecule has 0 radical (unpaired) electrons. The number of hydrogen-bond donors (Lipinski definition) is 4. The Morgan fingerprint density at radius 3 is 2.62 bits per heavy atom. The van der Waals surface area contributed by atoms with Crippen molar-refractivity contribution in [2.75, 3.05) is 28.7 Å². The number of hydrogen-bond acceptors (Lipinski definition) is 7. The van der Waals surface area contributed by atoms with Crippen LogP contribution in [0.25, 0.3) is 0 Å². The van der Waals surface area contributed by atoms with Crippen LogP contribution in [0.4, 0.5) is 17.6 Å². The van der Waals surface area contributed by atoms with Crippen molar-refractivity contribution in [1.29, 1.82) is 0 Å². The molecule has 0 bridgehead atoms. The van der Waals surface area contributed by atoms with Gasteiger partial charge in [0.25, 0.3) is 0 Å². The van der Waals surface area contributed by atoms with Crippen LogP contribution in [0.2, 0.25) is 0 Å². The summed E-state index contributed by atoms with van der Waals surface area (Å²) in [5.74, 6) is 2.28. The van der Waals surface area contributed by atoms with Gasteiger partial charge in [-0.3, -0.25) is 0 Å². The summed E-state index contributed by atoms with van der Waals surface area (Å²) >= 11 is 0. The molecule has 0 saturated carbocycles. The van der Waals surface area contributed by atoms with Crippen molar-refractivity contribution in [3.05, 3.63) is 77.4 Å². The Hall–Kier alpha value is -3.16. The predicted octanol–water partition coefficient (Wildman–Crippen LogP) is 3.00. The molecule has 0 saturated heterocycles. The quantitative estimate of drug-likeness (QED) is 0.516. The topological polar surface area (TPSA) is 85.3 Å². The van der Waals surface area contributed by atoms with Crippen LogP contribution in [-0.2, 0) is 6.54 Å². The van der Waals surface area contributed by atoms with Crippen molar-refractivity contribution < 1.29 is 5.11 Å². The van der Waals surface area contributed by atoms with E-state index in [4.69, 9.17) is 4.98 Å². The standard InChI is InChI=1S/C22H24N6O/c29-18(16-9-5-2-6-10-16)13-23-22-24-20-19-17(26-27-20)11-12-28(21(19)25-22)14-15-7-3-1-4-8-15/h1-10,17-18,26,29H,11-14H2,(H2,23,24,25,27)/t17?,18-/m1/s1. The molecule has 5 rings (SSSR count). The maximum atomic E-state index is 10.4. The molecular formula is C22H24N6O. The molecule has 7 heteroatoms. The zero-order valence-electron chi connectivity index (χ0n) is 16.0. The summed E-state index contributed by atoms with van der Waals surface area (Å²) in [5, 5.41) is 13.6. The number of hydrazine groups is 1. The fraction of sp³-hybridized carbons (Fsp3) is 0.273. The van der Waals surface area contributed by atoms with Gasteiger partial charge >= 0.3 is 0 Å². The highest BCUT2D eigenvalue weighted by atomic mass is 16.3. The fourth-order valence-electron chi connectivity index (χ4n) is 3.97. The minimum Gasteiger partial charge on any atom is -0.387 e. The highest BCUT2D eigenvalue weighted by molar-refractivity contribution is 5.67. The number of nitrogens with one attached hydrogen (secondary N) is 3. The first-order chi connectivity index (χ1) is 14.3. The molecular weight excluding hydrogens is 364 g/mol. The number of anilines is 3. The van der Waals surface area contributed by atoms with Gasteiger partial charge in [-0.2, -0.15) is 9.97 Å². The van der Waals surface area contributed by atoms with Crippen LogP contribution in [0.1, 0.15) is 35.3 Å². The summed E-state index contributed by atoms with van der Waals surface area (Å²) in [6.45, 7) is 2.07. The molecule has 2 aliphatic heterocycles. The van der Waals surface area contributed by atoms with Crippen molar-refractivity contribution in [3.63, 3.8) is 0 Å². The molecule has 0 amide bonds. The van der Waals surface area contributed by atoms with Gasteiger partial charge in [-0.25, -0.2) is 5.43 Å². The summed E-state index contributed by atoms with van der Waals surface area (Å²) < 4.78 is 0. The molecule has 2 aliphatic rings. The van der Waals surface area contributed by atoms with E-state index >= 15 is 0 Å². The molecule has 1 aromatic heterocycles. The van der Waals surface area contributed by atoms with Crippen molar-refractivity contribution in [1.82, 2.24) is 15.4 Å². The van der Waals surface area contributed by atoms with Crippen LogP contribution in [0.15, 0.2) is 60.7 Å². The molecule has 2 atom stereocenters. The Morgan fingerprint density at radius 1 is 1.07 bits per heavy atom. The van der Waals surface area contributed by atoms with Gasteiger partial charge in [0.1, 0.15) is 5.82 Å². The van der Waals surface area contributed by atoms with E-state index < -0.39 is 6.10 Å². The minimum atomic E-state index is -0.622. The van der Waals surface area contributed by atoms with Gasteiger partial charge in [0.05, 0.1) is 17.7 Å². The lowest BCUT2D eigenvalue weighted by molar-refractivity contribution is 0.191. The maximum absolute atomic E-state index is 10.4. The zero-order valence-corrected chi connectivity index (χ0v) is 16.0. The second kappa shape index (κ2) is 7.69. The van der Waals surface area contributed by atoms with Crippen LogP contribution in [0, 0.1) is 0 Å². The first kappa shape index (κ1) is 17.9. The first-order valence-electron chi connectivity index (χ1n) is 9.97. The summed E-state index contributed by atoms with van der Waals surface area (Å²) in [7, 11) is 0. The fourth-order valence-corrected chi connectivity index (χ4v) is 3.97. The third kappa shape index (κ3) is 3.62. The van der Waals surface area contributed by atoms with E-state index in [1.165, 1.54) is 5.56 Å². The van der Waals surface area contributed by atoms with Gasteiger partial charge in [0, 0.05) is 19.6 Å². The van der Waals surface area contributed by atoms with E-state index in [0.717, 1.165) is 42.3 Å². The SMILES string of the molecule is O[C@H](CNc1nc2c3c(n1)N(Cc1ccccc1)CCC3NN2)c1ccccc1. The van der Waals surface area contributed by atoms with Gasteiger partial charge in [0.2, 0.25) is 5.95 Å². The molecule has 2 aromatic carbocycles. The third-order valence-corrected chi connectivity index (χ3v) is 5.48. The minimum absolute atomic E-state index is 0.232. The van der Waals surface area contributed by atoms with Gasteiger partial charge in [-0.1, -0.05) is 60.7 Å². The smallest absolute Gasteiger partial charge is 0.226 e. The van der Waals surface area contributed by atoms with Crippen molar-refractivity contribution in [2.45, 2.75) is 25.1 Å². The average molecular weight is 388 g/mol. The molecule has 3 heterocycles. The number of aliphatic hydroxyl groups excluding tert-OH is 1. The van der Waals surface area contributed by atoms with E-state index in [1.807, 2.05) is 36.4 Å². The Kier molecular flexibility index (Phi) is 4.75. The molecule has 1 unspecified atom stereocenters. The van der Waals surface area contributed by atoms with Crippen molar-refractivity contribution in [2.24, 2.45) is 0 Å². The van der Waals surface area contributed by atoms with Crippen LogP contribution in [0.3, 0.4) is 0 Å². The average Bonchev–Trinajstić information content (AvgIpc) is 3.19. The molecule has 3 aromatic rings. The number of rotatable bonds is 6. The van der Waals surface area contributed by atoms with E-state index in [-0.39, 0.29) is 6.04 Å². The van der Waals surface area contributed by atoms with E-state index in [9.17, 15) is 5.11 Å². The van der Waals surface area contributed by atoms with Crippen LogP contribution in [-0.4, -0.2) is 28.2 Å². The van der Waals surface area contributed by atoms with E-state index in [0.29, 0.717) is 12.5 Å². The number of aromatic nitrogens is 2. The zero-order chi connectivity index (χ0) is 19.6. The number of benzene rings is 2. The largest absolute Gasteiger partial charge is 0.387 e. The molecule has 7 nitrogen and oxygen atoms in total. The highest BCUT2D eigenvalue weighted by Gasteiger charge is 2.34. The monoisotopic (exact) mass is 388 g/mol. The second-order valence-corrected chi connectivity index (χ2v) is 7.46. The van der Waals surface area contributed by atoms with Crippen LogP contribution in [0.5, 0.6) is 0 Å². The van der Waals surface area contributed by atoms with Crippen LogP contribution >= 0.6 is 0 Å². The summed E-state index contributed by atoms with van der Waals surface area (Å²) in [4.78, 5) is 11.7. The highest BCUT2D eigenvalue weighted by Crippen LogP contribution is 2.41. The molecule has 0 fully saturated rings. The molecule has 4 N–H and O–H groups in total.